The molecule has 0 aliphatic rings. The normalized spacial score (nSPS) is 11.2. The number of H-pyrrole nitrogens is 1. The molecule has 1 N–H and O–H groups in total. The van der Waals surface area contributed by atoms with E-state index >= 15 is 0 Å². The molecule has 142 valence electrons. The molecule has 0 radical (unpaired) electrons. The molecule has 1 aromatic heterocycles. The minimum Gasteiger partial charge on any atom is -0.466 e. The fourth-order valence-corrected chi connectivity index (χ4v) is 4.51. The average Bonchev–Trinajstić information content (AvgIpc) is 3.05. The van der Waals surface area contributed by atoms with Gasteiger partial charge in [0.25, 0.3) is 0 Å². The number of benzene rings is 3. The number of carbonyl (C=O) groups is 1. The average molecular weight is 390 g/mol. The molecule has 0 bridgehead atoms. The maximum absolute atomic E-state index is 11.7. The molecule has 0 saturated carbocycles. The van der Waals surface area contributed by atoms with E-state index in [9.17, 15) is 4.79 Å². The number of hydrogen-bond donors (Lipinski definition) is 1. The van der Waals surface area contributed by atoms with Crippen molar-refractivity contribution >= 4 is 39.4 Å². The molecule has 0 fully saturated rings. The molecule has 0 saturated heterocycles. The third kappa shape index (κ3) is 4.07. The minimum atomic E-state index is -0.137. The minimum absolute atomic E-state index is 0.137. The molecule has 0 aliphatic heterocycles. The highest BCUT2D eigenvalue weighted by atomic mass is 32.2. The van der Waals surface area contributed by atoms with Gasteiger partial charge in [0.2, 0.25) is 0 Å². The highest BCUT2D eigenvalue weighted by Crippen LogP contribution is 2.32. The van der Waals surface area contributed by atoms with Gasteiger partial charge in [-0.1, -0.05) is 60.7 Å². The lowest BCUT2D eigenvalue weighted by molar-refractivity contribution is -0.142. The predicted octanol–water partition coefficient (Wildman–Crippen LogP) is 5.96. The molecular weight excluding hydrogens is 366 g/mol. The van der Waals surface area contributed by atoms with Crippen molar-refractivity contribution < 1.29 is 9.53 Å². The zero-order chi connectivity index (χ0) is 19.3. The Balaban J connectivity index is 1.61. The number of para-hydroxylation sites is 1. The first-order valence-corrected chi connectivity index (χ1v) is 10.6. The van der Waals surface area contributed by atoms with Gasteiger partial charge in [0.1, 0.15) is 0 Å². The predicted molar refractivity (Wildman–Crippen MR) is 117 cm³/mol. The Morgan fingerprint density at radius 1 is 1.00 bits per heavy atom. The summed E-state index contributed by atoms with van der Waals surface area (Å²) in [7, 11) is 0. The largest absolute Gasteiger partial charge is 0.466 e. The van der Waals surface area contributed by atoms with Gasteiger partial charge in [-0.15, -0.1) is 11.8 Å². The zero-order valence-electron chi connectivity index (χ0n) is 15.9. The number of ether oxygens (including phenoxy) is 1. The van der Waals surface area contributed by atoms with Crippen molar-refractivity contribution in [2.45, 2.75) is 24.8 Å². The quantitative estimate of drug-likeness (QED) is 0.313. The summed E-state index contributed by atoms with van der Waals surface area (Å²) < 4.78 is 5.04. The van der Waals surface area contributed by atoms with Gasteiger partial charge < -0.3 is 9.72 Å². The summed E-state index contributed by atoms with van der Waals surface area (Å²) in [5.74, 6) is 0.568. The van der Waals surface area contributed by atoms with Gasteiger partial charge in [-0.25, -0.2) is 0 Å². The molecule has 28 heavy (non-hydrogen) atoms. The van der Waals surface area contributed by atoms with Crippen LogP contribution in [0.4, 0.5) is 0 Å². The lowest BCUT2D eigenvalue weighted by Gasteiger charge is -2.07. The van der Waals surface area contributed by atoms with Crippen molar-refractivity contribution in [3.05, 3.63) is 77.9 Å². The van der Waals surface area contributed by atoms with E-state index in [-0.39, 0.29) is 5.97 Å². The van der Waals surface area contributed by atoms with Crippen molar-refractivity contribution in [3.8, 4) is 0 Å². The second kappa shape index (κ2) is 8.53. The highest BCUT2D eigenvalue weighted by Gasteiger charge is 2.13. The third-order valence-corrected chi connectivity index (χ3v) is 5.87. The maximum Gasteiger partial charge on any atom is 0.306 e. The van der Waals surface area contributed by atoms with E-state index in [2.05, 4.69) is 65.6 Å². The summed E-state index contributed by atoms with van der Waals surface area (Å²) in [5, 5.41) is 4.90. The molecule has 0 amide bonds. The van der Waals surface area contributed by atoms with E-state index in [1.54, 1.807) is 11.8 Å². The molecule has 4 aromatic rings. The summed E-state index contributed by atoms with van der Waals surface area (Å²) in [6, 6.07) is 23.5. The van der Waals surface area contributed by atoms with Crippen LogP contribution in [0.2, 0.25) is 0 Å². The van der Waals surface area contributed by atoms with Crippen molar-refractivity contribution in [1.82, 2.24) is 4.98 Å². The Labute approximate surface area is 169 Å². The summed E-state index contributed by atoms with van der Waals surface area (Å²) in [6.07, 6.45) is 1.28. The Morgan fingerprint density at radius 3 is 2.64 bits per heavy atom. The van der Waals surface area contributed by atoms with Gasteiger partial charge in [0, 0.05) is 23.1 Å². The Bertz CT molecular complexity index is 1120. The van der Waals surface area contributed by atoms with E-state index < -0.39 is 0 Å². The second-order valence-electron chi connectivity index (χ2n) is 6.74. The van der Waals surface area contributed by atoms with Crippen LogP contribution in [0.5, 0.6) is 0 Å². The molecule has 4 heteroatoms. The van der Waals surface area contributed by atoms with Crippen molar-refractivity contribution in [1.29, 1.82) is 0 Å². The van der Waals surface area contributed by atoms with Gasteiger partial charge in [0.05, 0.1) is 18.1 Å². The molecule has 1 heterocycles. The fraction of sp³-hybridized carbons (Fsp3) is 0.208. The van der Waals surface area contributed by atoms with Gasteiger partial charge >= 0.3 is 5.97 Å². The van der Waals surface area contributed by atoms with Crippen LogP contribution in [0.3, 0.4) is 0 Å². The Morgan fingerprint density at radius 2 is 1.79 bits per heavy atom. The highest BCUT2D eigenvalue weighted by molar-refractivity contribution is 7.99. The van der Waals surface area contributed by atoms with E-state index in [1.807, 2.05) is 13.0 Å². The van der Waals surface area contributed by atoms with Crippen LogP contribution in [0, 0.1) is 0 Å². The Kier molecular flexibility index (Phi) is 5.68. The van der Waals surface area contributed by atoms with Gasteiger partial charge in [-0.2, -0.15) is 0 Å². The molecular formula is C24H23NO2S. The number of esters is 1. The van der Waals surface area contributed by atoms with Gasteiger partial charge in [-0.3, -0.25) is 4.79 Å². The SMILES string of the molecule is CCOC(=O)CCSc1[nH]c2ccccc2c1Cc1ccc2ccccc2c1. The monoisotopic (exact) mass is 389 g/mol. The number of hydrogen-bond acceptors (Lipinski definition) is 3. The van der Waals surface area contributed by atoms with Crippen LogP contribution in [-0.4, -0.2) is 23.3 Å². The second-order valence-corrected chi connectivity index (χ2v) is 7.85. The number of rotatable bonds is 7. The molecule has 0 spiro atoms. The lowest BCUT2D eigenvalue weighted by Crippen LogP contribution is -2.04. The molecule has 0 aliphatic carbocycles. The first-order valence-electron chi connectivity index (χ1n) is 9.60. The van der Waals surface area contributed by atoms with Gasteiger partial charge in [-0.05, 0) is 34.9 Å². The van der Waals surface area contributed by atoms with Crippen LogP contribution in [0.25, 0.3) is 21.7 Å². The smallest absolute Gasteiger partial charge is 0.306 e. The van der Waals surface area contributed by atoms with Crippen LogP contribution in [-0.2, 0) is 16.0 Å². The number of aromatic nitrogens is 1. The topological polar surface area (TPSA) is 42.1 Å². The summed E-state index contributed by atoms with van der Waals surface area (Å²) in [6.45, 7) is 2.27. The van der Waals surface area contributed by atoms with E-state index in [4.69, 9.17) is 4.74 Å². The number of carbonyl (C=O) groups excluding carboxylic acids is 1. The molecule has 0 unspecified atom stereocenters. The van der Waals surface area contributed by atoms with Crippen LogP contribution < -0.4 is 0 Å². The Hall–Kier alpha value is -2.72. The number of thioether (sulfide) groups is 1. The summed E-state index contributed by atoms with van der Waals surface area (Å²) in [5.41, 5.74) is 3.72. The van der Waals surface area contributed by atoms with Crippen LogP contribution in [0.15, 0.2) is 71.8 Å². The summed E-state index contributed by atoms with van der Waals surface area (Å²) in [4.78, 5) is 15.2. The van der Waals surface area contributed by atoms with Crippen LogP contribution in [0.1, 0.15) is 24.5 Å². The molecule has 3 aromatic carbocycles. The number of nitrogens with one attached hydrogen (secondary N) is 1. The van der Waals surface area contributed by atoms with Crippen molar-refractivity contribution in [2.24, 2.45) is 0 Å². The van der Waals surface area contributed by atoms with E-state index in [0.29, 0.717) is 18.8 Å². The van der Waals surface area contributed by atoms with Crippen molar-refractivity contribution in [3.63, 3.8) is 0 Å². The third-order valence-electron chi connectivity index (χ3n) is 4.83. The fourth-order valence-electron chi connectivity index (χ4n) is 3.50. The van der Waals surface area contributed by atoms with E-state index in [1.165, 1.54) is 27.3 Å². The maximum atomic E-state index is 11.7. The van der Waals surface area contributed by atoms with Crippen LogP contribution >= 0.6 is 11.8 Å². The molecule has 4 rings (SSSR count). The molecule has 3 nitrogen and oxygen atoms in total. The van der Waals surface area contributed by atoms with Crippen molar-refractivity contribution in [2.75, 3.05) is 12.4 Å². The zero-order valence-corrected chi connectivity index (χ0v) is 16.7. The first-order chi connectivity index (χ1) is 13.7. The summed E-state index contributed by atoms with van der Waals surface area (Å²) >= 11 is 1.69. The molecule has 0 atom stereocenters. The first kappa shape index (κ1) is 18.6. The number of fused-ring (bicyclic) bond motifs is 2. The van der Waals surface area contributed by atoms with E-state index in [0.717, 1.165) is 17.0 Å². The van der Waals surface area contributed by atoms with Gasteiger partial charge in [0.15, 0.2) is 0 Å². The standard InChI is InChI=1S/C24H23NO2S/c1-2-27-23(26)13-14-28-24-21(20-9-5-6-10-22(20)25-24)16-17-11-12-18-7-3-4-8-19(18)15-17/h3-12,15,25H,2,13-14,16H2,1H3. The number of aromatic amines is 1. The lowest BCUT2D eigenvalue weighted by atomic mass is 10.0.